The van der Waals surface area contributed by atoms with Gasteiger partial charge in [-0.15, -0.1) is 0 Å². The van der Waals surface area contributed by atoms with Gasteiger partial charge in [0.05, 0.1) is 11.8 Å². The number of anilines is 1. The highest BCUT2D eigenvalue weighted by Crippen LogP contribution is 2.26. The molecule has 0 aliphatic carbocycles. The Hall–Kier alpha value is -1.36. The molecule has 0 saturated carbocycles. The van der Waals surface area contributed by atoms with Crippen LogP contribution in [0.15, 0.2) is 24.3 Å². The molecule has 3 nitrogen and oxygen atoms in total. The van der Waals surface area contributed by atoms with Gasteiger partial charge >= 0.3 is 6.61 Å². The van der Waals surface area contributed by atoms with Crippen LogP contribution < -0.4 is 10.1 Å². The minimum absolute atomic E-state index is 0.0116. The normalized spacial score (nSPS) is 14.5. The number of nitrogens with one attached hydrogen (secondary N) is 1. The molecule has 1 rings (SSSR count). The first-order valence-corrected chi connectivity index (χ1v) is 5.37. The van der Waals surface area contributed by atoms with E-state index < -0.39 is 6.61 Å². The highest BCUT2D eigenvalue weighted by molar-refractivity contribution is 5.56. The van der Waals surface area contributed by atoms with E-state index in [9.17, 15) is 8.78 Å². The Morgan fingerprint density at radius 2 is 1.82 bits per heavy atom. The van der Waals surface area contributed by atoms with Gasteiger partial charge in [-0.1, -0.05) is 12.1 Å². The molecule has 0 aromatic heterocycles. The number of methoxy groups -OCH3 is 1. The van der Waals surface area contributed by atoms with Crippen LogP contribution in [0.2, 0.25) is 0 Å². The molecule has 2 unspecified atom stereocenters. The molecule has 1 N–H and O–H groups in total. The summed E-state index contributed by atoms with van der Waals surface area (Å²) in [4.78, 5) is 0. The average Bonchev–Trinajstić information content (AvgIpc) is 2.29. The van der Waals surface area contributed by atoms with Crippen molar-refractivity contribution in [2.75, 3.05) is 12.4 Å². The molecule has 96 valence electrons. The number of halogens is 2. The fourth-order valence-corrected chi connectivity index (χ4v) is 1.35. The zero-order valence-corrected chi connectivity index (χ0v) is 10.1. The Kier molecular flexibility index (Phi) is 5.15. The number of hydrogen-bond acceptors (Lipinski definition) is 3. The lowest BCUT2D eigenvalue weighted by atomic mass is 10.2. The zero-order chi connectivity index (χ0) is 12.8. The van der Waals surface area contributed by atoms with Crippen LogP contribution >= 0.6 is 0 Å². The molecular weight excluding hydrogens is 228 g/mol. The fourth-order valence-electron chi connectivity index (χ4n) is 1.35. The highest BCUT2D eigenvalue weighted by Gasteiger charge is 2.14. The number of para-hydroxylation sites is 2. The average molecular weight is 245 g/mol. The second-order valence-electron chi connectivity index (χ2n) is 3.75. The van der Waals surface area contributed by atoms with Gasteiger partial charge in [0.1, 0.15) is 5.75 Å². The molecule has 0 fully saturated rings. The van der Waals surface area contributed by atoms with E-state index in [1.807, 2.05) is 13.8 Å². The maximum absolute atomic E-state index is 12.2. The summed E-state index contributed by atoms with van der Waals surface area (Å²) in [5.41, 5.74) is 0.532. The van der Waals surface area contributed by atoms with E-state index in [2.05, 4.69) is 10.1 Å². The van der Waals surface area contributed by atoms with Crippen LogP contribution in [0.5, 0.6) is 5.75 Å². The van der Waals surface area contributed by atoms with Crippen molar-refractivity contribution in [3.63, 3.8) is 0 Å². The van der Waals surface area contributed by atoms with Gasteiger partial charge in [0.2, 0.25) is 0 Å². The first-order valence-electron chi connectivity index (χ1n) is 5.37. The Morgan fingerprint density at radius 1 is 1.18 bits per heavy atom. The molecule has 0 saturated heterocycles. The molecule has 17 heavy (non-hydrogen) atoms. The molecule has 0 aliphatic heterocycles. The Bertz CT molecular complexity index is 347. The van der Waals surface area contributed by atoms with Crippen LogP contribution in [0.25, 0.3) is 0 Å². The van der Waals surface area contributed by atoms with E-state index in [1.54, 1.807) is 25.3 Å². The third-order valence-electron chi connectivity index (χ3n) is 2.56. The van der Waals surface area contributed by atoms with Crippen molar-refractivity contribution in [3.8, 4) is 5.75 Å². The molecule has 0 heterocycles. The quantitative estimate of drug-likeness (QED) is 0.835. The number of rotatable bonds is 6. The van der Waals surface area contributed by atoms with Crippen LogP contribution in [0, 0.1) is 0 Å². The molecule has 2 atom stereocenters. The first-order chi connectivity index (χ1) is 8.04. The van der Waals surface area contributed by atoms with Crippen LogP contribution in [0.4, 0.5) is 14.5 Å². The van der Waals surface area contributed by atoms with E-state index >= 15 is 0 Å². The van der Waals surface area contributed by atoms with Crippen molar-refractivity contribution < 1.29 is 18.3 Å². The largest absolute Gasteiger partial charge is 0.433 e. The summed E-state index contributed by atoms with van der Waals surface area (Å²) in [7, 11) is 1.60. The Labute approximate surface area is 99.7 Å². The molecule has 0 aliphatic rings. The number of benzene rings is 1. The van der Waals surface area contributed by atoms with Gasteiger partial charge in [-0.25, -0.2) is 0 Å². The number of ether oxygens (including phenoxy) is 2. The van der Waals surface area contributed by atoms with Gasteiger partial charge in [0.25, 0.3) is 0 Å². The smallest absolute Gasteiger partial charge is 0.387 e. The van der Waals surface area contributed by atoms with Crippen molar-refractivity contribution in [1.82, 2.24) is 0 Å². The van der Waals surface area contributed by atoms with E-state index in [1.165, 1.54) is 6.07 Å². The second-order valence-corrected chi connectivity index (χ2v) is 3.75. The number of hydrogen-bond donors (Lipinski definition) is 1. The van der Waals surface area contributed by atoms with Crippen molar-refractivity contribution in [1.29, 1.82) is 0 Å². The van der Waals surface area contributed by atoms with Crippen LogP contribution in [0.3, 0.4) is 0 Å². The Morgan fingerprint density at radius 3 is 2.41 bits per heavy atom. The van der Waals surface area contributed by atoms with E-state index in [-0.39, 0.29) is 17.9 Å². The van der Waals surface area contributed by atoms with E-state index in [4.69, 9.17) is 4.74 Å². The molecule has 1 aromatic carbocycles. The van der Waals surface area contributed by atoms with Gasteiger partial charge in [0.15, 0.2) is 0 Å². The van der Waals surface area contributed by atoms with E-state index in [0.29, 0.717) is 5.69 Å². The first kappa shape index (κ1) is 13.7. The van der Waals surface area contributed by atoms with Gasteiger partial charge in [0, 0.05) is 13.2 Å². The summed E-state index contributed by atoms with van der Waals surface area (Å²) < 4.78 is 34.0. The monoisotopic (exact) mass is 245 g/mol. The summed E-state index contributed by atoms with van der Waals surface area (Å²) in [5, 5.41) is 3.08. The van der Waals surface area contributed by atoms with Crippen molar-refractivity contribution >= 4 is 5.69 Å². The van der Waals surface area contributed by atoms with Crippen molar-refractivity contribution in [3.05, 3.63) is 24.3 Å². The molecule has 5 heteroatoms. The standard InChI is InChI=1S/C12H17F2NO2/c1-8(9(2)16-3)15-10-6-4-5-7-11(10)17-12(13)14/h4-9,12,15H,1-3H3. The maximum Gasteiger partial charge on any atom is 0.387 e. The highest BCUT2D eigenvalue weighted by atomic mass is 19.3. The molecule has 0 spiro atoms. The van der Waals surface area contributed by atoms with Crippen LogP contribution in [0.1, 0.15) is 13.8 Å². The summed E-state index contributed by atoms with van der Waals surface area (Å²) >= 11 is 0. The summed E-state index contributed by atoms with van der Waals surface area (Å²) in [6.07, 6.45) is -0.0328. The lowest BCUT2D eigenvalue weighted by Gasteiger charge is -2.22. The summed E-state index contributed by atoms with van der Waals surface area (Å²) in [5.74, 6) is 0.137. The van der Waals surface area contributed by atoms with Crippen molar-refractivity contribution in [2.45, 2.75) is 32.6 Å². The third kappa shape index (κ3) is 4.19. The molecule has 1 aromatic rings. The molecule has 0 radical (unpaired) electrons. The van der Waals surface area contributed by atoms with Gasteiger partial charge in [-0.3, -0.25) is 0 Å². The third-order valence-corrected chi connectivity index (χ3v) is 2.56. The molecule has 0 amide bonds. The Balaban J connectivity index is 2.76. The zero-order valence-electron chi connectivity index (χ0n) is 10.1. The SMILES string of the molecule is COC(C)C(C)Nc1ccccc1OC(F)F. The van der Waals surface area contributed by atoms with E-state index in [0.717, 1.165) is 0 Å². The maximum atomic E-state index is 12.2. The summed E-state index contributed by atoms with van der Waals surface area (Å²) in [6.45, 7) is 0.981. The second kappa shape index (κ2) is 6.39. The van der Waals surface area contributed by atoms with Gasteiger partial charge < -0.3 is 14.8 Å². The summed E-state index contributed by atoms with van der Waals surface area (Å²) in [6, 6.07) is 6.58. The minimum Gasteiger partial charge on any atom is -0.433 e. The lowest BCUT2D eigenvalue weighted by Crippen LogP contribution is -2.29. The van der Waals surface area contributed by atoms with Gasteiger partial charge in [-0.05, 0) is 26.0 Å². The molecule has 0 bridgehead atoms. The number of alkyl halides is 2. The fraction of sp³-hybridized carbons (Fsp3) is 0.500. The predicted molar refractivity (Wildman–Crippen MR) is 62.6 cm³/mol. The van der Waals surface area contributed by atoms with Crippen LogP contribution in [-0.2, 0) is 4.74 Å². The minimum atomic E-state index is -2.83. The van der Waals surface area contributed by atoms with Crippen LogP contribution in [-0.4, -0.2) is 25.9 Å². The topological polar surface area (TPSA) is 30.5 Å². The molecular formula is C12H17F2NO2. The van der Waals surface area contributed by atoms with Crippen molar-refractivity contribution in [2.24, 2.45) is 0 Å². The lowest BCUT2D eigenvalue weighted by molar-refractivity contribution is -0.0494. The predicted octanol–water partition coefficient (Wildman–Crippen LogP) is 3.12. The van der Waals surface area contributed by atoms with Gasteiger partial charge in [-0.2, -0.15) is 8.78 Å².